The smallest absolute Gasteiger partial charge is 0.326 e. The third kappa shape index (κ3) is 5.58. The molecule has 1 aromatic heterocycles. The van der Waals surface area contributed by atoms with E-state index in [-0.39, 0.29) is 12.3 Å². The number of hydrogen-bond donors (Lipinski definition) is 2. The molecule has 0 aliphatic rings. The summed E-state index contributed by atoms with van der Waals surface area (Å²) in [6.07, 6.45) is 2.24. The van der Waals surface area contributed by atoms with Crippen molar-refractivity contribution < 1.29 is 24.0 Å². The second-order valence-electron chi connectivity index (χ2n) is 5.84. The van der Waals surface area contributed by atoms with Crippen molar-refractivity contribution in [2.24, 2.45) is 0 Å². The summed E-state index contributed by atoms with van der Waals surface area (Å²) in [7, 11) is 1.60. The highest BCUT2D eigenvalue weighted by Crippen LogP contribution is 2.20. The molecule has 2 rings (SSSR count). The number of nitrogens with zero attached hydrogens (tertiary/aromatic N) is 2. The second-order valence-corrected chi connectivity index (χ2v) is 5.84. The molecule has 0 saturated carbocycles. The molecular weight excluding hydrogens is 338 g/mol. The maximum absolute atomic E-state index is 11.9. The molecular formula is C18H23N3O5. The van der Waals surface area contributed by atoms with Crippen LogP contribution >= 0.6 is 0 Å². The Labute approximate surface area is 151 Å². The van der Waals surface area contributed by atoms with Crippen LogP contribution in [0.4, 0.5) is 0 Å². The summed E-state index contributed by atoms with van der Waals surface area (Å²) in [5.41, 5.74) is 0.808. The van der Waals surface area contributed by atoms with E-state index in [2.05, 4.69) is 15.5 Å². The third-order valence-electron chi connectivity index (χ3n) is 3.82. The Morgan fingerprint density at radius 1 is 1.31 bits per heavy atom. The van der Waals surface area contributed by atoms with Gasteiger partial charge in [0.1, 0.15) is 11.8 Å². The van der Waals surface area contributed by atoms with Crippen molar-refractivity contribution >= 4 is 11.9 Å². The number of aliphatic carboxylic acids is 1. The molecule has 1 unspecified atom stereocenters. The molecule has 1 amide bonds. The van der Waals surface area contributed by atoms with Gasteiger partial charge in [0, 0.05) is 18.4 Å². The van der Waals surface area contributed by atoms with E-state index in [1.165, 1.54) is 0 Å². The molecule has 0 saturated heterocycles. The third-order valence-corrected chi connectivity index (χ3v) is 3.82. The maximum atomic E-state index is 11.9. The molecule has 0 spiro atoms. The molecule has 1 atom stereocenters. The molecule has 0 fully saturated rings. The molecule has 1 aromatic carbocycles. The predicted molar refractivity (Wildman–Crippen MR) is 93.7 cm³/mol. The first-order chi connectivity index (χ1) is 12.5. The fourth-order valence-electron chi connectivity index (χ4n) is 2.43. The van der Waals surface area contributed by atoms with E-state index in [0.717, 1.165) is 11.3 Å². The molecule has 2 N–H and O–H groups in total. The minimum Gasteiger partial charge on any atom is -0.497 e. The number of rotatable bonds is 10. The quantitative estimate of drug-likeness (QED) is 0.668. The summed E-state index contributed by atoms with van der Waals surface area (Å²) in [5, 5.41) is 15.5. The zero-order chi connectivity index (χ0) is 18.9. The van der Waals surface area contributed by atoms with Gasteiger partial charge in [0.2, 0.25) is 17.6 Å². The summed E-state index contributed by atoms with van der Waals surface area (Å²) in [5.74, 6) is 0.348. The first-order valence-electron chi connectivity index (χ1n) is 8.52. The molecule has 0 bridgehead atoms. The lowest BCUT2D eigenvalue weighted by molar-refractivity contribution is -0.142. The summed E-state index contributed by atoms with van der Waals surface area (Å²) in [6, 6.07) is 6.45. The fourth-order valence-corrected chi connectivity index (χ4v) is 2.43. The van der Waals surface area contributed by atoms with Crippen molar-refractivity contribution in [2.45, 2.75) is 45.1 Å². The maximum Gasteiger partial charge on any atom is 0.326 e. The van der Waals surface area contributed by atoms with Crippen LogP contribution in [-0.2, 0) is 16.0 Å². The van der Waals surface area contributed by atoms with Gasteiger partial charge < -0.3 is 19.7 Å². The zero-order valence-corrected chi connectivity index (χ0v) is 14.9. The van der Waals surface area contributed by atoms with Crippen molar-refractivity contribution in [3.8, 4) is 17.1 Å². The van der Waals surface area contributed by atoms with E-state index in [9.17, 15) is 9.59 Å². The molecule has 26 heavy (non-hydrogen) atoms. The standard InChI is InChI=1S/C18H23N3O5/c1-3-5-14(18(23)24)19-15(22)6-4-7-16-20-17(21-26-16)12-8-10-13(25-2)11-9-12/h8-11,14H,3-7H2,1-2H3,(H,19,22)(H,23,24). The van der Waals surface area contributed by atoms with Gasteiger partial charge in [0.25, 0.3) is 0 Å². The number of methoxy groups -OCH3 is 1. The predicted octanol–water partition coefficient (Wildman–Crippen LogP) is 2.44. The van der Waals surface area contributed by atoms with E-state index in [0.29, 0.717) is 37.4 Å². The summed E-state index contributed by atoms with van der Waals surface area (Å²) in [4.78, 5) is 27.2. The van der Waals surface area contributed by atoms with Crippen LogP contribution in [0.3, 0.4) is 0 Å². The fraction of sp³-hybridized carbons (Fsp3) is 0.444. The van der Waals surface area contributed by atoms with Gasteiger partial charge in [-0.1, -0.05) is 18.5 Å². The van der Waals surface area contributed by atoms with Crippen LogP contribution in [-0.4, -0.2) is 40.3 Å². The van der Waals surface area contributed by atoms with Gasteiger partial charge in [-0.3, -0.25) is 4.79 Å². The second kappa shape index (κ2) is 9.55. The van der Waals surface area contributed by atoms with Gasteiger partial charge in [0.05, 0.1) is 7.11 Å². The average Bonchev–Trinajstić information content (AvgIpc) is 3.10. The first kappa shape index (κ1) is 19.4. The number of carboxylic acids is 1. The number of carbonyl (C=O) groups is 2. The number of carboxylic acid groups (broad SMARTS) is 1. The van der Waals surface area contributed by atoms with E-state index in [1.807, 2.05) is 31.2 Å². The van der Waals surface area contributed by atoms with Crippen LogP contribution in [0.5, 0.6) is 5.75 Å². The first-order valence-corrected chi connectivity index (χ1v) is 8.52. The molecule has 0 aliphatic carbocycles. The van der Waals surface area contributed by atoms with E-state index in [1.54, 1.807) is 7.11 Å². The Kier molecular flexibility index (Phi) is 7.13. The van der Waals surface area contributed by atoms with Gasteiger partial charge in [-0.05, 0) is 37.1 Å². The highest BCUT2D eigenvalue weighted by atomic mass is 16.5. The Hall–Kier alpha value is -2.90. The van der Waals surface area contributed by atoms with Gasteiger partial charge in [0.15, 0.2) is 0 Å². The minimum absolute atomic E-state index is 0.202. The van der Waals surface area contributed by atoms with Crippen LogP contribution in [0.15, 0.2) is 28.8 Å². The number of amides is 1. The van der Waals surface area contributed by atoms with E-state index in [4.69, 9.17) is 14.4 Å². The Morgan fingerprint density at radius 3 is 2.65 bits per heavy atom. The SMILES string of the molecule is CCCC(NC(=O)CCCc1nc(-c2ccc(OC)cc2)no1)C(=O)O. The minimum atomic E-state index is -1.01. The van der Waals surface area contributed by atoms with Gasteiger partial charge >= 0.3 is 5.97 Å². The van der Waals surface area contributed by atoms with Crippen LogP contribution in [0.25, 0.3) is 11.4 Å². The molecule has 0 aliphatic heterocycles. The summed E-state index contributed by atoms with van der Waals surface area (Å²) < 4.78 is 10.3. The monoisotopic (exact) mass is 361 g/mol. The zero-order valence-electron chi connectivity index (χ0n) is 14.9. The lowest BCUT2D eigenvalue weighted by atomic mass is 10.1. The number of aromatic nitrogens is 2. The van der Waals surface area contributed by atoms with E-state index >= 15 is 0 Å². The van der Waals surface area contributed by atoms with Gasteiger partial charge in [-0.25, -0.2) is 4.79 Å². The topological polar surface area (TPSA) is 115 Å². The molecule has 1 heterocycles. The summed E-state index contributed by atoms with van der Waals surface area (Å²) in [6.45, 7) is 1.87. The normalized spacial score (nSPS) is 11.8. The van der Waals surface area contributed by atoms with Gasteiger partial charge in [-0.2, -0.15) is 4.98 Å². The molecule has 8 nitrogen and oxygen atoms in total. The van der Waals surface area contributed by atoms with Crippen LogP contribution in [0.2, 0.25) is 0 Å². The largest absolute Gasteiger partial charge is 0.497 e. The van der Waals surface area contributed by atoms with Gasteiger partial charge in [-0.15, -0.1) is 0 Å². The Morgan fingerprint density at radius 2 is 2.04 bits per heavy atom. The van der Waals surface area contributed by atoms with Crippen LogP contribution in [0.1, 0.15) is 38.5 Å². The van der Waals surface area contributed by atoms with E-state index < -0.39 is 12.0 Å². The molecule has 140 valence electrons. The Balaban J connectivity index is 1.82. The average molecular weight is 361 g/mol. The lowest BCUT2D eigenvalue weighted by Crippen LogP contribution is -2.40. The number of ether oxygens (including phenoxy) is 1. The highest BCUT2D eigenvalue weighted by Gasteiger charge is 2.18. The number of carbonyl (C=O) groups excluding carboxylic acids is 1. The number of nitrogens with one attached hydrogen (secondary N) is 1. The number of benzene rings is 1. The van der Waals surface area contributed by atoms with Crippen molar-refractivity contribution in [1.29, 1.82) is 0 Å². The van der Waals surface area contributed by atoms with Crippen molar-refractivity contribution in [2.75, 3.05) is 7.11 Å². The lowest BCUT2D eigenvalue weighted by Gasteiger charge is -2.13. The van der Waals surface area contributed by atoms with Crippen molar-refractivity contribution in [3.63, 3.8) is 0 Å². The van der Waals surface area contributed by atoms with Crippen molar-refractivity contribution in [3.05, 3.63) is 30.2 Å². The van der Waals surface area contributed by atoms with Crippen LogP contribution < -0.4 is 10.1 Å². The summed E-state index contributed by atoms with van der Waals surface area (Å²) >= 11 is 0. The Bertz CT molecular complexity index is 727. The highest BCUT2D eigenvalue weighted by molar-refractivity contribution is 5.83. The van der Waals surface area contributed by atoms with Crippen molar-refractivity contribution in [1.82, 2.24) is 15.5 Å². The molecule has 8 heteroatoms. The molecule has 0 radical (unpaired) electrons. The number of aryl methyl sites for hydroxylation is 1. The van der Waals surface area contributed by atoms with Crippen LogP contribution in [0, 0.1) is 0 Å². The number of hydrogen-bond acceptors (Lipinski definition) is 6. The molecule has 2 aromatic rings.